The van der Waals surface area contributed by atoms with Crippen LogP contribution in [-0.4, -0.2) is 11.8 Å². The van der Waals surface area contributed by atoms with Crippen LogP contribution < -0.4 is 10.6 Å². The fourth-order valence-electron chi connectivity index (χ4n) is 2.13. The van der Waals surface area contributed by atoms with Crippen LogP contribution in [0.4, 0.5) is 24.5 Å². The van der Waals surface area contributed by atoms with E-state index in [4.69, 9.17) is 11.6 Å². The zero-order valence-electron chi connectivity index (χ0n) is 14.9. The van der Waals surface area contributed by atoms with Gasteiger partial charge in [-0.25, -0.2) is 0 Å². The molecule has 8 heteroatoms. The van der Waals surface area contributed by atoms with Gasteiger partial charge in [-0.05, 0) is 51.1 Å². The third-order valence-corrected chi connectivity index (χ3v) is 4.30. The van der Waals surface area contributed by atoms with E-state index in [1.54, 1.807) is 24.3 Å². The fraction of sp³-hybridized carbons (Fsp3) is 0.263. The lowest BCUT2D eigenvalue weighted by atomic mass is 9.90. The van der Waals surface area contributed by atoms with E-state index in [0.717, 1.165) is 17.7 Å². The van der Waals surface area contributed by atoms with E-state index in [0.29, 0.717) is 5.69 Å². The van der Waals surface area contributed by atoms with Crippen LogP contribution in [0.1, 0.15) is 25.0 Å². The average molecular weight is 399 g/mol. The van der Waals surface area contributed by atoms with Crippen molar-refractivity contribution >= 4 is 34.8 Å². The summed E-state index contributed by atoms with van der Waals surface area (Å²) in [6.45, 7) is 4.66. The Morgan fingerprint density at radius 3 is 1.89 bits per heavy atom. The van der Waals surface area contributed by atoms with Gasteiger partial charge in [-0.1, -0.05) is 29.3 Å². The first-order valence-corrected chi connectivity index (χ1v) is 8.35. The lowest BCUT2D eigenvalue weighted by molar-refractivity contribution is -0.138. The molecule has 0 atom stereocenters. The number of carbonyl (C=O) groups is 2. The fourth-order valence-corrected chi connectivity index (χ4v) is 2.36. The summed E-state index contributed by atoms with van der Waals surface area (Å²) in [6, 6.07) is 9.99. The Bertz CT molecular complexity index is 862. The van der Waals surface area contributed by atoms with Gasteiger partial charge >= 0.3 is 6.18 Å². The van der Waals surface area contributed by atoms with Crippen LogP contribution in [0.15, 0.2) is 42.5 Å². The number of hydrogen-bond donors (Lipinski definition) is 2. The highest BCUT2D eigenvalue weighted by molar-refractivity contribution is 6.31. The number of alkyl halides is 3. The molecule has 2 N–H and O–H groups in total. The van der Waals surface area contributed by atoms with Crippen LogP contribution in [0.25, 0.3) is 0 Å². The molecule has 0 saturated carbocycles. The third-order valence-electron chi connectivity index (χ3n) is 3.97. The lowest BCUT2D eigenvalue weighted by Gasteiger charge is -2.23. The third kappa shape index (κ3) is 5.01. The van der Waals surface area contributed by atoms with Crippen molar-refractivity contribution in [1.29, 1.82) is 0 Å². The van der Waals surface area contributed by atoms with Crippen LogP contribution in [0.5, 0.6) is 0 Å². The number of amides is 2. The van der Waals surface area contributed by atoms with Gasteiger partial charge in [-0.3, -0.25) is 9.59 Å². The molecule has 0 spiro atoms. The van der Waals surface area contributed by atoms with Crippen LogP contribution >= 0.6 is 11.6 Å². The maximum absolute atomic E-state index is 12.9. The van der Waals surface area contributed by atoms with Crippen LogP contribution in [-0.2, 0) is 15.8 Å². The molecule has 0 bridgehead atoms. The number of nitrogens with one attached hydrogen (secondary N) is 2. The summed E-state index contributed by atoms with van der Waals surface area (Å²) in [5, 5.41) is 4.48. The second-order valence-electron chi connectivity index (χ2n) is 6.59. The van der Waals surface area contributed by atoms with Gasteiger partial charge in [0.15, 0.2) is 0 Å². The molecule has 0 aliphatic heterocycles. The molecule has 0 unspecified atom stereocenters. The predicted molar refractivity (Wildman–Crippen MR) is 98.7 cm³/mol. The molecule has 2 amide bonds. The van der Waals surface area contributed by atoms with E-state index in [2.05, 4.69) is 10.6 Å². The molecular formula is C19H18ClF3N2O2. The van der Waals surface area contributed by atoms with E-state index in [-0.39, 0.29) is 5.69 Å². The Morgan fingerprint density at radius 2 is 1.37 bits per heavy atom. The van der Waals surface area contributed by atoms with Crippen molar-refractivity contribution in [2.24, 2.45) is 5.41 Å². The normalized spacial score (nSPS) is 11.8. The van der Waals surface area contributed by atoms with Crippen molar-refractivity contribution in [2.45, 2.75) is 26.9 Å². The van der Waals surface area contributed by atoms with Gasteiger partial charge in [-0.15, -0.1) is 0 Å². The molecule has 0 fully saturated rings. The van der Waals surface area contributed by atoms with Gasteiger partial charge in [0.05, 0.1) is 10.6 Å². The predicted octanol–water partition coefficient (Wildman–Crippen LogP) is 5.27. The topological polar surface area (TPSA) is 58.2 Å². The highest BCUT2D eigenvalue weighted by atomic mass is 35.5. The Morgan fingerprint density at radius 1 is 0.889 bits per heavy atom. The van der Waals surface area contributed by atoms with Gasteiger partial charge in [0.25, 0.3) is 0 Å². The number of benzene rings is 2. The second-order valence-corrected chi connectivity index (χ2v) is 7.00. The number of aryl methyl sites for hydroxylation is 1. The summed E-state index contributed by atoms with van der Waals surface area (Å²) >= 11 is 5.56. The van der Waals surface area contributed by atoms with Gasteiger partial charge in [0.1, 0.15) is 5.41 Å². The van der Waals surface area contributed by atoms with Gasteiger partial charge in [0.2, 0.25) is 11.8 Å². The highest BCUT2D eigenvalue weighted by Gasteiger charge is 2.37. The summed E-state index contributed by atoms with van der Waals surface area (Å²) in [5.41, 5.74) is -1.18. The molecule has 2 aromatic carbocycles. The van der Waals surface area contributed by atoms with Crippen LogP contribution in [0.3, 0.4) is 0 Å². The molecule has 4 nitrogen and oxygen atoms in total. The molecule has 0 saturated heterocycles. The van der Waals surface area contributed by atoms with E-state index < -0.39 is 34.0 Å². The molecule has 0 aromatic heterocycles. The van der Waals surface area contributed by atoms with Crippen LogP contribution in [0.2, 0.25) is 5.02 Å². The van der Waals surface area contributed by atoms with E-state index in [1.165, 1.54) is 19.9 Å². The summed E-state index contributed by atoms with van der Waals surface area (Å²) in [6.07, 6.45) is -4.66. The molecular weight excluding hydrogens is 381 g/mol. The molecule has 2 rings (SSSR count). The Balaban J connectivity index is 2.16. The van der Waals surface area contributed by atoms with Crippen molar-refractivity contribution in [3.8, 4) is 0 Å². The quantitative estimate of drug-likeness (QED) is 0.689. The summed E-state index contributed by atoms with van der Waals surface area (Å²) < 4.78 is 38.8. The van der Waals surface area contributed by atoms with E-state index in [1.807, 2.05) is 6.92 Å². The zero-order chi connectivity index (χ0) is 20.4. The summed E-state index contributed by atoms with van der Waals surface area (Å²) in [5.74, 6) is -1.34. The van der Waals surface area contributed by atoms with Crippen molar-refractivity contribution in [2.75, 3.05) is 10.6 Å². The minimum atomic E-state index is -4.66. The molecule has 0 heterocycles. The molecule has 0 aliphatic rings. The lowest BCUT2D eigenvalue weighted by Crippen LogP contribution is -2.41. The highest BCUT2D eigenvalue weighted by Crippen LogP contribution is 2.36. The zero-order valence-corrected chi connectivity index (χ0v) is 15.6. The first-order chi connectivity index (χ1) is 12.4. The SMILES string of the molecule is Cc1ccc(NC(=O)C(C)(C)C(=O)Nc2ccc(Cl)c(C(F)(F)F)c2)cc1. The van der Waals surface area contributed by atoms with Gasteiger partial charge in [-0.2, -0.15) is 13.2 Å². The molecule has 27 heavy (non-hydrogen) atoms. The minimum Gasteiger partial charge on any atom is -0.325 e. The Labute approximate surface area is 159 Å². The molecule has 144 valence electrons. The summed E-state index contributed by atoms with van der Waals surface area (Å²) in [4.78, 5) is 24.9. The number of hydrogen-bond acceptors (Lipinski definition) is 2. The molecule has 0 radical (unpaired) electrons. The monoisotopic (exact) mass is 398 g/mol. The number of halogens is 4. The van der Waals surface area contributed by atoms with Crippen molar-refractivity contribution < 1.29 is 22.8 Å². The first kappa shape index (κ1) is 20.8. The Kier molecular flexibility index (Phi) is 5.85. The first-order valence-electron chi connectivity index (χ1n) is 7.97. The van der Waals surface area contributed by atoms with Gasteiger partial charge in [0, 0.05) is 11.4 Å². The van der Waals surface area contributed by atoms with Crippen molar-refractivity contribution in [3.05, 3.63) is 58.6 Å². The maximum atomic E-state index is 12.9. The molecule has 0 aliphatic carbocycles. The number of anilines is 2. The number of rotatable bonds is 4. The maximum Gasteiger partial charge on any atom is 0.417 e. The molecule has 2 aromatic rings. The second kappa shape index (κ2) is 7.60. The smallest absolute Gasteiger partial charge is 0.325 e. The largest absolute Gasteiger partial charge is 0.417 e. The van der Waals surface area contributed by atoms with Gasteiger partial charge < -0.3 is 10.6 Å². The van der Waals surface area contributed by atoms with Crippen LogP contribution in [0, 0.1) is 12.3 Å². The Hall–Kier alpha value is -2.54. The van der Waals surface area contributed by atoms with E-state index in [9.17, 15) is 22.8 Å². The van der Waals surface area contributed by atoms with E-state index >= 15 is 0 Å². The summed E-state index contributed by atoms with van der Waals surface area (Å²) in [7, 11) is 0. The van der Waals surface area contributed by atoms with Crippen molar-refractivity contribution in [3.63, 3.8) is 0 Å². The standard InChI is InChI=1S/C19H18ClF3N2O2/c1-11-4-6-12(7-5-11)24-16(26)18(2,3)17(27)25-13-8-9-15(20)14(10-13)19(21,22)23/h4-10H,1-3H3,(H,24,26)(H,25,27). The van der Waals surface area contributed by atoms with Crippen molar-refractivity contribution in [1.82, 2.24) is 0 Å². The average Bonchev–Trinajstić information content (AvgIpc) is 2.57. The number of carbonyl (C=O) groups excluding carboxylic acids is 2. The minimum absolute atomic E-state index is 0.104.